The Morgan fingerprint density at radius 3 is 2.40 bits per heavy atom. The highest BCUT2D eigenvalue weighted by molar-refractivity contribution is 9.10. The maximum absolute atomic E-state index is 12.5. The van der Waals surface area contributed by atoms with Crippen LogP contribution in [0, 0.1) is 0 Å². The fourth-order valence-corrected chi connectivity index (χ4v) is 3.55. The van der Waals surface area contributed by atoms with Crippen LogP contribution in [0.5, 0.6) is 0 Å². The first-order valence-corrected chi connectivity index (χ1v) is 8.29. The quantitative estimate of drug-likeness (QED) is 0.872. The number of sulfonamides is 1. The van der Waals surface area contributed by atoms with Crippen LogP contribution in [-0.2, 0) is 10.0 Å². The fourth-order valence-electron chi connectivity index (χ4n) is 1.53. The lowest BCUT2D eigenvalue weighted by Gasteiger charge is -2.33. The normalized spacial score (nSPS) is 12.7. The summed E-state index contributed by atoms with van der Waals surface area (Å²) in [4.78, 5) is 11.1. The van der Waals surface area contributed by atoms with Gasteiger partial charge in [0.05, 0.1) is 10.5 Å². The second-order valence-electron chi connectivity index (χ2n) is 5.09. The van der Waals surface area contributed by atoms with Crippen molar-refractivity contribution in [1.29, 1.82) is 0 Å². The molecule has 112 valence electrons. The van der Waals surface area contributed by atoms with Gasteiger partial charge in [-0.1, -0.05) is 6.92 Å². The largest absolute Gasteiger partial charge is 0.478 e. The maximum Gasteiger partial charge on any atom is 0.336 e. The average molecular weight is 364 g/mol. The minimum absolute atomic E-state index is 0.0258. The van der Waals surface area contributed by atoms with Gasteiger partial charge in [0.25, 0.3) is 0 Å². The predicted molar refractivity (Wildman–Crippen MR) is 80.4 cm³/mol. The molecule has 20 heavy (non-hydrogen) atoms. The summed E-state index contributed by atoms with van der Waals surface area (Å²) in [7, 11) is -2.23. The molecular weight excluding hydrogens is 346 g/mol. The molecule has 1 N–H and O–H groups in total. The molecule has 0 heterocycles. The van der Waals surface area contributed by atoms with Crippen LogP contribution in [0.4, 0.5) is 0 Å². The van der Waals surface area contributed by atoms with E-state index in [1.54, 1.807) is 0 Å². The van der Waals surface area contributed by atoms with Gasteiger partial charge in [0, 0.05) is 17.1 Å². The Labute approximate surface area is 127 Å². The van der Waals surface area contributed by atoms with Gasteiger partial charge in [0.2, 0.25) is 10.0 Å². The first-order valence-electron chi connectivity index (χ1n) is 6.06. The maximum atomic E-state index is 12.5. The van der Waals surface area contributed by atoms with Crippen molar-refractivity contribution >= 4 is 31.9 Å². The molecule has 0 amide bonds. The molecule has 0 saturated heterocycles. The molecule has 0 aliphatic rings. The number of hydrogen-bond donors (Lipinski definition) is 1. The minimum Gasteiger partial charge on any atom is -0.478 e. The zero-order valence-corrected chi connectivity index (χ0v) is 14.2. The van der Waals surface area contributed by atoms with Crippen LogP contribution in [0.3, 0.4) is 0 Å². The Kier molecular flexibility index (Phi) is 4.99. The fraction of sp³-hybridized carbons (Fsp3) is 0.462. The molecule has 1 rings (SSSR count). The molecule has 0 aliphatic carbocycles. The molecule has 0 bridgehead atoms. The number of halogens is 1. The minimum atomic E-state index is -3.73. The Balaban J connectivity index is 3.37. The van der Waals surface area contributed by atoms with E-state index in [9.17, 15) is 13.2 Å². The zero-order chi connectivity index (χ0) is 15.7. The van der Waals surface area contributed by atoms with Crippen molar-refractivity contribution in [3.05, 3.63) is 28.2 Å². The number of carboxylic acids is 1. The number of rotatable bonds is 5. The van der Waals surface area contributed by atoms with Gasteiger partial charge in [-0.25, -0.2) is 13.2 Å². The number of carboxylic acid groups (broad SMARTS) is 1. The van der Waals surface area contributed by atoms with Crippen molar-refractivity contribution < 1.29 is 18.3 Å². The van der Waals surface area contributed by atoms with Gasteiger partial charge in [0.15, 0.2) is 0 Å². The van der Waals surface area contributed by atoms with E-state index in [2.05, 4.69) is 15.9 Å². The Morgan fingerprint density at radius 1 is 1.40 bits per heavy atom. The van der Waals surface area contributed by atoms with Gasteiger partial charge >= 0.3 is 5.97 Å². The van der Waals surface area contributed by atoms with Crippen LogP contribution >= 0.6 is 15.9 Å². The summed E-state index contributed by atoms with van der Waals surface area (Å²) in [5.74, 6) is -1.17. The van der Waals surface area contributed by atoms with Crippen molar-refractivity contribution in [2.45, 2.75) is 37.6 Å². The molecule has 7 heteroatoms. The lowest BCUT2D eigenvalue weighted by Crippen LogP contribution is -2.44. The molecule has 0 atom stereocenters. The van der Waals surface area contributed by atoms with Crippen molar-refractivity contribution in [3.63, 3.8) is 0 Å². The van der Waals surface area contributed by atoms with Crippen molar-refractivity contribution in [2.75, 3.05) is 7.05 Å². The Hall–Kier alpha value is -0.920. The Morgan fingerprint density at radius 2 is 1.95 bits per heavy atom. The summed E-state index contributed by atoms with van der Waals surface area (Å²) in [5, 5.41) is 9.06. The molecule has 0 aromatic heterocycles. The van der Waals surface area contributed by atoms with Crippen LogP contribution in [-0.4, -0.2) is 36.4 Å². The van der Waals surface area contributed by atoms with Crippen LogP contribution in [0.25, 0.3) is 0 Å². The molecule has 5 nitrogen and oxygen atoms in total. The van der Waals surface area contributed by atoms with Crippen LogP contribution < -0.4 is 0 Å². The number of hydrogen-bond acceptors (Lipinski definition) is 3. The van der Waals surface area contributed by atoms with Crippen molar-refractivity contribution in [1.82, 2.24) is 4.31 Å². The van der Waals surface area contributed by atoms with Gasteiger partial charge in [-0.3, -0.25) is 0 Å². The van der Waals surface area contributed by atoms with E-state index in [4.69, 9.17) is 5.11 Å². The first-order chi connectivity index (χ1) is 9.04. The summed E-state index contributed by atoms with van der Waals surface area (Å²) in [6.07, 6.45) is 0.644. The second kappa shape index (κ2) is 5.83. The molecule has 0 spiro atoms. The van der Waals surface area contributed by atoms with E-state index in [-0.39, 0.29) is 10.5 Å². The van der Waals surface area contributed by atoms with Crippen LogP contribution in [0.2, 0.25) is 0 Å². The lowest BCUT2D eigenvalue weighted by atomic mass is 10.0. The zero-order valence-electron chi connectivity index (χ0n) is 11.8. The van der Waals surface area contributed by atoms with Crippen LogP contribution in [0.1, 0.15) is 37.6 Å². The monoisotopic (exact) mass is 363 g/mol. The predicted octanol–water partition coefficient (Wildman–Crippen LogP) is 2.96. The average Bonchev–Trinajstić information content (AvgIpc) is 2.37. The van der Waals surface area contributed by atoms with E-state index in [0.717, 1.165) is 0 Å². The molecule has 0 fully saturated rings. The topological polar surface area (TPSA) is 74.7 Å². The van der Waals surface area contributed by atoms with E-state index < -0.39 is 21.5 Å². The highest BCUT2D eigenvalue weighted by Crippen LogP contribution is 2.27. The van der Waals surface area contributed by atoms with Gasteiger partial charge in [-0.2, -0.15) is 4.31 Å². The number of aromatic carboxylic acids is 1. The summed E-state index contributed by atoms with van der Waals surface area (Å²) < 4.78 is 26.7. The van der Waals surface area contributed by atoms with Gasteiger partial charge in [-0.15, -0.1) is 0 Å². The van der Waals surface area contributed by atoms with Crippen LogP contribution in [0.15, 0.2) is 27.6 Å². The van der Waals surface area contributed by atoms with Gasteiger partial charge in [0.1, 0.15) is 0 Å². The third kappa shape index (κ3) is 3.21. The molecule has 1 aromatic carbocycles. The number of benzene rings is 1. The SMILES string of the molecule is CCC(C)(C)N(C)S(=O)(=O)c1ccc(Br)c(C(=O)O)c1. The molecular formula is C13H18BrNO4S. The van der Waals surface area contributed by atoms with Gasteiger partial charge in [-0.05, 0) is 54.4 Å². The smallest absolute Gasteiger partial charge is 0.336 e. The first kappa shape index (κ1) is 17.1. The summed E-state index contributed by atoms with van der Waals surface area (Å²) in [6, 6.07) is 4.00. The van der Waals surface area contributed by atoms with Crippen molar-refractivity contribution in [3.8, 4) is 0 Å². The molecule has 0 saturated carbocycles. The van der Waals surface area contributed by atoms with E-state index in [0.29, 0.717) is 10.9 Å². The lowest BCUT2D eigenvalue weighted by molar-refractivity contribution is 0.0695. The van der Waals surface area contributed by atoms with E-state index >= 15 is 0 Å². The van der Waals surface area contributed by atoms with E-state index in [1.165, 1.54) is 29.6 Å². The summed E-state index contributed by atoms with van der Waals surface area (Å²) in [6.45, 7) is 5.54. The summed E-state index contributed by atoms with van der Waals surface area (Å²) >= 11 is 3.10. The summed E-state index contributed by atoms with van der Waals surface area (Å²) in [5.41, 5.74) is -0.622. The van der Waals surface area contributed by atoms with Gasteiger partial charge < -0.3 is 5.11 Å². The molecule has 1 aromatic rings. The second-order valence-corrected chi connectivity index (χ2v) is 7.91. The van der Waals surface area contributed by atoms with E-state index in [1.807, 2.05) is 20.8 Å². The highest BCUT2D eigenvalue weighted by Gasteiger charge is 2.33. The molecule has 0 aliphatic heterocycles. The third-order valence-corrected chi connectivity index (χ3v) is 6.30. The number of nitrogens with zero attached hydrogens (tertiary/aromatic N) is 1. The Bertz CT molecular complexity index is 625. The molecule has 0 unspecified atom stereocenters. The van der Waals surface area contributed by atoms with Crippen molar-refractivity contribution in [2.24, 2.45) is 0 Å². The standard InChI is InChI=1S/C13H18BrNO4S/c1-5-13(2,3)15(4)20(18,19)9-6-7-11(14)10(8-9)12(16)17/h6-8H,5H2,1-4H3,(H,16,17). The number of carbonyl (C=O) groups is 1. The third-order valence-electron chi connectivity index (χ3n) is 3.54. The molecule has 0 radical (unpaired) electrons. The highest BCUT2D eigenvalue weighted by atomic mass is 79.9.